The van der Waals surface area contributed by atoms with Crippen LogP contribution in [0.1, 0.15) is 13.8 Å². The van der Waals surface area contributed by atoms with Crippen molar-refractivity contribution in [2.24, 2.45) is 0 Å². The molecule has 66 valence electrons. The second-order valence-electron chi connectivity index (χ2n) is 3.00. The van der Waals surface area contributed by atoms with E-state index in [9.17, 15) is 0 Å². The van der Waals surface area contributed by atoms with Gasteiger partial charge < -0.3 is 11.1 Å². The first kappa shape index (κ1) is 9.39. The lowest BCUT2D eigenvalue weighted by molar-refractivity contribution is 0.900. The molecule has 0 aliphatic carbocycles. The summed E-state index contributed by atoms with van der Waals surface area (Å²) in [6.07, 6.45) is 0. The maximum Gasteiger partial charge on any atom is 0.0694 e. The van der Waals surface area contributed by atoms with Gasteiger partial charge in [0.15, 0.2) is 0 Å². The number of benzene rings is 1. The van der Waals surface area contributed by atoms with E-state index in [4.69, 9.17) is 5.73 Å². The highest BCUT2D eigenvalue weighted by molar-refractivity contribution is 9.10. The predicted molar refractivity (Wildman–Crippen MR) is 57.3 cm³/mol. The molecule has 0 aliphatic rings. The topological polar surface area (TPSA) is 38.0 Å². The first-order chi connectivity index (χ1) is 5.61. The smallest absolute Gasteiger partial charge is 0.0694 e. The Labute approximate surface area is 81.3 Å². The van der Waals surface area contributed by atoms with Crippen molar-refractivity contribution in [3.8, 4) is 0 Å². The number of hydrogen-bond acceptors (Lipinski definition) is 2. The molecule has 0 unspecified atom stereocenters. The van der Waals surface area contributed by atoms with Crippen LogP contribution >= 0.6 is 15.9 Å². The van der Waals surface area contributed by atoms with Crippen LogP contribution in [0.15, 0.2) is 22.7 Å². The molecule has 1 aromatic rings. The fourth-order valence-electron chi connectivity index (χ4n) is 0.974. The van der Waals surface area contributed by atoms with Crippen LogP contribution in [-0.2, 0) is 0 Å². The summed E-state index contributed by atoms with van der Waals surface area (Å²) in [5, 5.41) is 3.26. The summed E-state index contributed by atoms with van der Waals surface area (Å²) in [4.78, 5) is 0. The molecule has 0 bridgehead atoms. The molecule has 0 spiro atoms. The van der Waals surface area contributed by atoms with Gasteiger partial charge in [-0.25, -0.2) is 0 Å². The second-order valence-corrected chi connectivity index (χ2v) is 3.85. The van der Waals surface area contributed by atoms with Gasteiger partial charge in [0.1, 0.15) is 0 Å². The van der Waals surface area contributed by atoms with Crippen molar-refractivity contribution < 1.29 is 0 Å². The Morgan fingerprint density at radius 1 is 1.42 bits per heavy atom. The minimum atomic E-state index is 0.404. The maximum absolute atomic E-state index is 5.82. The van der Waals surface area contributed by atoms with Crippen molar-refractivity contribution in [3.05, 3.63) is 22.7 Å². The Bertz CT molecular complexity index is 271. The molecular weight excluding hydrogens is 216 g/mol. The zero-order valence-electron chi connectivity index (χ0n) is 7.26. The van der Waals surface area contributed by atoms with Crippen LogP contribution in [0.3, 0.4) is 0 Å². The van der Waals surface area contributed by atoms with E-state index in [-0.39, 0.29) is 0 Å². The van der Waals surface area contributed by atoms with Crippen molar-refractivity contribution in [1.82, 2.24) is 0 Å². The molecule has 0 fully saturated rings. The van der Waals surface area contributed by atoms with Crippen LogP contribution in [0, 0.1) is 0 Å². The van der Waals surface area contributed by atoms with E-state index in [2.05, 4.69) is 35.1 Å². The Morgan fingerprint density at radius 3 is 2.67 bits per heavy atom. The van der Waals surface area contributed by atoms with Crippen molar-refractivity contribution in [3.63, 3.8) is 0 Å². The van der Waals surface area contributed by atoms with Crippen molar-refractivity contribution in [2.75, 3.05) is 11.1 Å². The van der Waals surface area contributed by atoms with Gasteiger partial charge in [-0.3, -0.25) is 0 Å². The van der Waals surface area contributed by atoms with E-state index in [1.54, 1.807) is 0 Å². The highest BCUT2D eigenvalue weighted by Gasteiger charge is 2.02. The molecule has 0 amide bonds. The highest BCUT2D eigenvalue weighted by Crippen LogP contribution is 2.27. The number of anilines is 2. The van der Waals surface area contributed by atoms with Crippen LogP contribution in [0.5, 0.6) is 0 Å². The highest BCUT2D eigenvalue weighted by atomic mass is 79.9. The summed E-state index contributed by atoms with van der Waals surface area (Å²) in [5.41, 5.74) is 7.58. The molecule has 3 heteroatoms. The molecule has 0 radical (unpaired) electrons. The van der Waals surface area contributed by atoms with Gasteiger partial charge in [-0.15, -0.1) is 0 Å². The SMILES string of the molecule is CC(C)Nc1cccc(Br)c1N. The molecule has 12 heavy (non-hydrogen) atoms. The molecule has 0 atom stereocenters. The number of nitrogen functional groups attached to an aromatic ring is 1. The normalized spacial score (nSPS) is 10.3. The summed E-state index contributed by atoms with van der Waals surface area (Å²) in [5.74, 6) is 0. The van der Waals surface area contributed by atoms with E-state index >= 15 is 0 Å². The third kappa shape index (κ3) is 2.14. The van der Waals surface area contributed by atoms with Crippen LogP contribution in [0.2, 0.25) is 0 Å². The number of nitrogens with one attached hydrogen (secondary N) is 1. The average molecular weight is 229 g/mol. The van der Waals surface area contributed by atoms with E-state index in [0.717, 1.165) is 15.8 Å². The molecule has 0 saturated heterocycles. The molecular formula is C9H13BrN2. The van der Waals surface area contributed by atoms with Crippen LogP contribution < -0.4 is 11.1 Å². The average Bonchev–Trinajstić information content (AvgIpc) is 1.98. The molecule has 1 aromatic carbocycles. The third-order valence-electron chi connectivity index (χ3n) is 1.50. The minimum absolute atomic E-state index is 0.404. The van der Waals surface area contributed by atoms with Gasteiger partial charge >= 0.3 is 0 Å². The number of rotatable bonds is 2. The number of para-hydroxylation sites is 1. The lowest BCUT2D eigenvalue weighted by Gasteiger charge is -2.12. The monoisotopic (exact) mass is 228 g/mol. The van der Waals surface area contributed by atoms with E-state index in [0.29, 0.717) is 6.04 Å². The quantitative estimate of drug-likeness (QED) is 0.765. The Hall–Kier alpha value is -0.700. The minimum Gasteiger partial charge on any atom is -0.396 e. The van der Waals surface area contributed by atoms with Crippen molar-refractivity contribution in [1.29, 1.82) is 0 Å². The second kappa shape index (κ2) is 3.81. The van der Waals surface area contributed by atoms with E-state index < -0.39 is 0 Å². The molecule has 0 aromatic heterocycles. The van der Waals surface area contributed by atoms with Crippen molar-refractivity contribution in [2.45, 2.75) is 19.9 Å². The zero-order valence-corrected chi connectivity index (χ0v) is 8.85. The van der Waals surface area contributed by atoms with Crippen LogP contribution in [0.4, 0.5) is 11.4 Å². The predicted octanol–water partition coefficient (Wildman–Crippen LogP) is 2.85. The molecule has 0 aliphatic heterocycles. The fraction of sp³-hybridized carbons (Fsp3) is 0.333. The molecule has 3 N–H and O–H groups in total. The summed E-state index contributed by atoms with van der Waals surface area (Å²) < 4.78 is 0.938. The van der Waals surface area contributed by atoms with E-state index in [1.165, 1.54) is 0 Å². The van der Waals surface area contributed by atoms with Crippen LogP contribution in [0.25, 0.3) is 0 Å². The third-order valence-corrected chi connectivity index (χ3v) is 2.19. The van der Waals surface area contributed by atoms with Gasteiger partial charge in [-0.05, 0) is 41.9 Å². The van der Waals surface area contributed by atoms with Gasteiger partial charge in [-0.2, -0.15) is 0 Å². The lowest BCUT2D eigenvalue weighted by Crippen LogP contribution is -2.11. The first-order valence-electron chi connectivity index (χ1n) is 3.92. The lowest BCUT2D eigenvalue weighted by atomic mass is 10.2. The summed E-state index contributed by atoms with van der Waals surface area (Å²) in [7, 11) is 0. The molecule has 1 rings (SSSR count). The fourth-order valence-corrected chi connectivity index (χ4v) is 1.34. The largest absolute Gasteiger partial charge is 0.396 e. The van der Waals surface area contributed by atoms with Gasteiger partial charge in [0.2, 0.25) is 0 Å². The zero-order chi connectivity index (χ0) is 9.14. The molecule has 0 saturated carbocycles. The van der Waals surface area contributed by atoms with Gasteiger partial charge in [0.25, 0.3) is 0 Å². The van der Waals surface area contributed by atoms with Gasteiger partial charge in [-0.1, -0.05) is 6.07 Å². The number of hydrogen-bond donors (Lipinski definition) is 2. The Kier molecular flexibility index (Phi) is 2.98. The van der Waals surface area contributed by atoms with E-state index in [1.807, 2.05) is 18.2 Å². The Balaban J connectivity index is 2.92. The summed E-state index contributed by atoms with van der Waals surface area (Å²) in [6, 6.07) is 6.27. The standard InChI is InChI=1S/C9H13BrN2/c1-6(2)12-8-5-3-4-7(10)9(8)11/h3-6,12H,11H2,1-2H3. The molecule has 0 heterocycles. The summed E-state index contributed by atoms with van der Waals surface area (Å²) >= 11 is 3.37. The summed E-state index contributed by atoms with van der Waals surface area (Å²) in [6.45, 7) is 4.17. The van der Waals surface area contributed by atoms with Crippen LogP contribution in [-0.4, -0.2) is 6.04 Å². The molecule has 2 nitrogen and oxygen atoms in total. The first-order valence-corrected chi connectivity index (χ1v) is 4.71. The van der Waals surface area contributed by atoms with Gasteiger partial charge in [0.05, 0.1) is 11.4 Å². The Morgan fingerprint density at radius 2 is 2.08 bits per heavy atom. The maximum atomic E-state index is 5.82. The van der Waals surface area contributed by atoms with Crippen molar-refractivity contribution >= 4 is 27.3 Å². The number of nitrogens with two attached hydrogens (primary N) is 1. The number of halogens is 1. The van der Waals surface area contributed by atoms with Gasteiger partial charge in [0, 0.05) is 10.5 Å².